The van der Waals surface area contributed by atoms with Gasteiger partial charge in [-0.3, -0.25) is 4.79 Å². The summed E-state index contributed by atoms with van der Waals surface area (Å²) < 4.78 is 11.2. The van der Waals surface area contributed by atoms with Gasteiger partial charge in [-0.2, -0.15) is 0 Å². The molecule has 0 spiro atoms. The minimum Gasteiger partial charge on any atom is -0.491 e. The Hall–Kier alpha value is -2.31. The minimum atomic E-state index is -0.223. The predicted molar refractivity (Wildman–Crippen MR) is 94.8 cm³/mol. The number of carbonyl (C=O) groups excluding carboxylic acids is 1. The van der Waals surface area contributed by atoms with E-state index >= 15 is 0 Å². The van der Waals surface area contributed by atoms with E-state index in [1.165, 1.54) is 6.20 Å². The number of benzene rings is 1. The first-order valence-corrected chi connectivity index (χ1v) is 7.58. The third-order valence-electron chi connectivity index (χ3n) is 3.60. The molecule has 1 fully saturated rings. The van der Waals surface area contributed by atoms with Gasteiger partial charge in [0.05, 0.1) is 18.0 Å². The number of hydrogen-bond acceptors (Lipinski definition) is 5. The van der Waals surface area contributed by atoms with Gasteiger partial charge in [0.1, 0.15) is 18.2 Å². The molecular weight excluding hydrogens is 330 g/mol. The summed E-state index contributed by atoms with van der Waals surface area (Å²) in [7, 11) is 0. The van der Waals surface area contributed by atoms with Crippen molar-refractivity contribution in [3.8, 4) is 5.75 Å². The zero-order valence-electron chi connectivity index (χ0n) is 13.1. The Morgan fingerprint density at radius 3 is 2.96 bits per heavy atom. The number of aromatic nitrogens is 1. The number of anilines is 2. The molecule has 2 heterocycles. The molecule has 2 aromatic rings. The number of amides is 1. The third-order valence-corrected chi connectivity index (χ3v) is 3.60. The first kappa shape index (κ1) is 18.0. The average molecular weight is 350 g/mol. The van der Waals surface area contributed by atoms with Crippen LogP contribution in [0.1, 0.15) is 23.2 Å². The van der Waals surface area contributed by atoms with E-state index in [4.69, 9.17) is 15.2 Å². The molecule has 128 valence electrons. The molecule has 6 nitrogen and oxygen atoms in total. The molecule has 1 aliphatic heterocycles. The number of hydrogen-bond donors (Lipinski definition) is 2. The van der Waals surface area contributed by atoms with Gasteiger partial charge >= 0.3 is 0 Å². The van der Waals surface area contributed by atoms with Gasteiger partial charge in [0.15, 0.2) is 0 Å². The lowest BCUT2D eigenvalue weighted by atomic mass is 10.2. The summed E-state index contributed by atoms with van der Waals surface area (Å²) in [6.07, 6.45) is 3.76. The van der Waals surface area contributed by atoms with Gasteiger partial charge in [-0.25, -0.2) is 4.98 Å². The molecular formula is C17H20ClN3O3. The lowest BCUT2D eigenvalue weighted by Gasteiger charge is -2.12. The van der Waals surface area contributed by atoms with Crippen LogP contribution in [0.5, 0.6) is 5.75 Å². The summed E-state index contributed by atoms with van der Waals surface area (Å²) in [6, 6.07) is 10.4. The van der Waals surface area contributed by atoms with Crippen LogP contribution in [0.2, 0.25) is 0 Å². The summed E-state index contributed by atoms with van der Waals surface area (Å²) in [4.78, 5) is 16.2. The van der Waals surface area contributed by atoms with Crippen LogP contribution in [0.3, 0.4) is 0 Å². The smallest absolute Gasteiger partial charge is 0.255 e. The maximum atomic E-state index is 12.3. The second-order valence-corrected chi connectivity index (χ2v) is 5.40. The van der Waals surface area contributed by atoms with Crippen molar-refractivity contribution in [3.63, 3.8) is 0 Å². The Bertz CT molecular complexity index is 673. The standard InChI is InChI=1S/C17H19N3O3.ClH/c18-16-7-6-13(10-19-16)20-17(21)12-3-1-4-14(9-12)23-11-15-5-2-8-22-15;/h1,3-4,6-7,9-10,15H,2,5,8,11H2,(H2,18,19)(H,20,21);1H. The quantitative estimate of drug-likeness (QED) is 0.866. The van der Waals surface area contributed by atoms with Gasteiger partial charge in [-0.05, 0) is 43.2 Å². The Morgan fingerprint density at radius 2 is 2.25 bits per heavy atom. The van der Waals surface area contributed by atoms with Crippen molar-refractivity contribution >= 4 is 29.8 Å². The zero-order valence-corrected chi connectivity index (χ0v) is 13.9. The highest BCUT2D eigenvalue weighted by atomic mass is 35.5. The van der Waals surface area contributed by atoms with Gasteiger partial charge in [0.25, 0.3) is 5.91 Å². The number of nitrogens with two attached hydrogens (primary N) is 1. The van der Waals surface area contributed by atoms with Gasteiger partial charge in [-0.15, -0.1) is 12.4 Å². The Labute approximate surface area is 146 Å². The van der Waals surface area contributed by atoms with Crippen molar-refractivity contribution < 1.29 is 14.3 Å². The monoisotopic (exact) mass is 349 g/mol. The summed E-state index contributed by atoms with van der Waals surface area (Å²) in [5.74, 6) is 0.843. The van der Waals surface area contributed by atoms with Gasteiger partial charge < -0.3 is 20.5 Å². The summed E-state index contributed by atoms with van der Waals surface area (Å²) in [5.41, 5.74) is 6.64. The normalized spacial score (nSPS) is 16.2. The van der Waals surface area contributed by atoms with Gasteiger partial charge in [0.2, 0.25) is 0 Å². The molecule has 1 unspecified atom stereocenters. The molecule has 3 rings (SSSR count). The molecule has 1 aromatic heterocycles. The van der Waals surface area contributed by atoms with Crippen molar-refractivity contribution in [2.24, 2.45) is 0 Å². The van der Waals surface area contributed by atoms with Crippen LogP contribution >= 0.6 is 12.4 Å². The fourth-order valence-electron chi connectivity index (χ4n) is 2.37. The second kappa shape index (κ2) is 8.52. The van der Waals surface area contributed by atoms with E-state index in [1.807, 2.05) is 6.07 Å². The highest BCUT2D eigenvalue weighted by molar-refractivity contribution is 6.04. The summed E-state index contributed by atoms with van der Waals surface area (Å²) in [5, 5.41) is 2.77. The number of nitrogens with one attached hydrogen (secondary N) is 1. The molecule has 1 aliphatic rings. The molecule has 1 amide bonds. The van der Waals surface area contributed by atoms with Crippen LogP contribution in [0, 0.1) is 0 Å². The minimum absolute atomic E-state index is 0. The molecule has 24 heavy (non-hydrogen) atoms. The number of halogens is 1. The number of nitrogens with zero attached hydrogens (tertiary/aromatic N) is 1. The number of nitrogen functional groups attached to an aromatic ring is 1. The summed E-state index contributed by atoms with van der Waals surface area (Å²) in [6.45, 7) is 1.30. The number of carbonyl (C=O) groups is 1. The molecule has 0 radical (unpaired) electrons. The van der Waals surface area contributed by atoms with Crippen LogP contribution in [0.25, 0.3) is 0 Å². The van der Waals surface area contributed by atoms with E-state index < -0.39 is 0 Å². The fourth-order valence-corrected chi connectivity index (χ4v) is 2.37. The number of pyridine rings is 1. The van der Waals surface area contributed by atoms with Crippen LogP contribution < -0.4 is 15.8 Å². The van der Waals surface area contributed by atoms with Crippen molar-refractivity contribution in [1.29, 1.82) is 0 Å². The number of rotatable bonds is 5. The highest BCUT2D eigenvalue weighted by Crippen LogP contribution is 2.18. The zero-order chi connectivity index (χ0) is 16.1. The van der Waals surface area contributed by atoms with Crippen molar-refractivity contribution in [2.75, 3.05) is 24.3 Å². The highest BCUT2D eigenvalue weighted by Gasteiger charge is 2.16. The Morgan fingerprint density at radius 1 is 1.38 bits per heavy atom. The van der Waals surface area contributed by atoms with E-state index in [0.29, 0.717) is 29.4 Å². The molecule has 0 bridgehead atoms. The third kappa shape index (κ3) is 4.84. The SMILES string of the molecule is Cl.Nc1ccc(NC(=O)c2cccc(OCC3CCCO3)c2)cn1. The van der Waals surface area contributed by atoms with Crippen molar-refractivity contribution in [3.05, 3.63) is 48.2 Å². The first-order valence-electron chi connectivity index (χ1n) is 7.58. The molecule has 1 saturated heterocycles. The van der Waals surface area contributed by atoms with E-state index in [0.717, 1.165) is 19.4 Å². The van der Waals surface area contributed by atoms with E-state index in [2.05, 4.69) is 10.3 Å². The van der Waals surface area contributed by atoms with Crippen LogP contribution in [-0.2, 0) is 4.74 Å². The maximum absolute atomic E-state index is 12.3. The molecule has 7 heteroatoms. The maximum Gasteiger partial charge on any atom is 0.255 e. The molecule has 1 atom stereocenters. The molecule has 0 aliphatic carbocycles. The molecule has 1 aromatic carbocycles. The molecule has 3 N–H and O–H groups in total. The molecule has 0 saturated carbocycles. The average Bonchev–Trinajstić information content (AvgIpc) is 3.09. The second-order valence-electron chi connectivity index (χ2n) is 5.40. The summed E-state index contributed by atoms with van der Waals surface area (Å²) >= 11 is 0. The van der Waals surface area contributed by atoms with Crippen LogP contribution in [0.4, 0.5) is 11.5 Å². The van der Waals surface area contributed by atoms with E-state index in [-0.39, 0.29) is 24.4 Å². The van der Waals surface area contributed by atoms with Crippen molar-refractivity contribution in [2.45, 2.75) is 18.9 Å². The van der Waals surface area contributed by atoms with Crippen molar-refractivity contribution in [1.82, 2.24) is 4.98 Å². The Balaban J connectivity index is 0.00000208. The lowest BCUT2D eigenvalue weighted by Crippen LogP contribution is -2.17. The number of ether oxygens (including phenoxy) is 2. The largest absolute Gasteiger partial charge is 0.491 e. The van der Waals surface area contributed by atoms with Gasteiger partial charge in [0, 0.05) is 12.2 Å². The first-order chi connectivity index (χ1) is 11.2. The fraction of sp³-hybridized carbons (Fsp3) is 0.294. The Kier molecular flexibility index (Phi) is 6.40. The van der Waals surface area contributed by atoms with E-state index in [1.54, 1.807) is 30.3 Å². The van der Waals surface area contributed by atoms with Gasteiger partial charge in [-0.1, -0.05) is 6.07 Å². The lowest BCUT2D eigenvalue weighted by molar-refractivity contribution is 0.0679. The van der Waals surface area contributed by atoms with Crippen LogP contribution in [-0.4, -0.2) is 30.2 Å². The van der Waals surface area contributed by atoms with Crippen LogP contribution in [0.15, 0.2) is 42.6 Å². The topological polar surface area (TPSA) is 86.5 Å². The predicted octanol–water partition coefficient (Wildman–Crippen LogP) is 2.90. The van der Waals surface area contributed by atoms with E-state index in [9.17, 15) is 4.79 Å².